The molecule has 1 heterocycles. The molecule has 3 nitrogen and oxygen atoms in total. The normalized spacial score (nSPS) is 28.9. The largest absolute Gasteiger partial charge is 0.296 e. The smallest absolute Gasteiger partial charge is 0.226 e. The third-order valence-electron chi connectivity index (χ3n) is 7.54. The molecule has 0 bridgehead atoms. The molecule has 2 rings (SSSR count). The van der Waals surface area contributed by atoms with E-state index in [-0.39, 0.29) is 11.8 Å². The Kier molecular flexibility index (Phi) is 10.2. The van der Waals surface area contributed by atoms with E-state index in [0.717, 1.165) is 25.7 Å². The SMILES string of the molecule is CC1(BBC2(C)CCCCC(=O)NC(=O)CCC2)CCCCCCCCCC1. The topological polar surface area (TPSA) is 46.2 Å². The van der Waals surface area contributed by atoms with E-state index >= 15 is 0 Å². The van der Waals surface area contributed by atoms with Gasteiger partial charge in [-0.15, -0.1) is 0 Å². The average molecular weight is 387 g/mol. The van der Waals surface area contributed by atoms with Gasteiger partial charge in [0.15, 0.2) is 0 Å². The van der Waals surface area contributed by atoms with Gasteiger partial charge >= 0.3 is 0 Å². The molecular weight excluding hydrogens is 344 g/mol. The molecule has 0 aromatic rings. The highest BCUT2D eigenvalue weighted by Crippen LogP contribution is 2.43. The van der Waals surface area contributed by atoms with Crippen LogP contribution in [-0.2, 0) is 9.59 Å². The summed E-state index contributed by atoms with van der Waals surface area (Å²) in [7, 11) is 2.60. The number of imide groups is 1. The first-order valence-corrected chi connectivity index (χ1v) is 12.2. The summed E-state index contributed by atoms with van der Waals surface area (Å²) in [6.07, 6.45) is 20.4. The highest BCUT2D eigenvalue weighted by molar-refractivity contribution is 7.03. The molecule has 1 atom stereocenters. The van der Waals surface area contributed by atoms with Crippen molar-refractivity contribution in [1.82, 2.24) is 5.32 Å². The molecule has 2 amide bonds. The van der Waals surface area contributed by atoms with Crippen LogP contribution in [0.2, 0.25) is 10.6 Å². The van der Waals surface area contributed by atoms with Crippen molar-refractivity contribution in [1.29, 1.82) is 0 Å². The van der Waals surface area contributed by atoms with Gasteiger partial charge in [0, 0.05) is 12.8 Å². The van der Waals surface area contributed by atoms with Crippen molar-refractivity contribution in [3.05, 3.63) is 0 Å². The molecule has 0 radical (unpaired) electrons. The zero-order chi connectivity index (χ0) is 20.3. The maximum absolute atomic E-state index is 11.9. The van der Waals surface area contributed by atoms with E-state index in [1.165, 1.54) is 85.0 Å². The summed E-state index contributed by atoms with van der Waals surface area (Å²) in [5.74, 6) is -0.164. The molecule has 28 heavy (non-hydrogen) atoms. The van der Waals surface area contributed by atoms with Crippen molar-refractivity contribution >= 4 is 26.2 Å². The predicted molar refractivity (Wildman–Crippen MR) is 123 cm³/mol. The van der Waals surface area contributed by atoms with Crippen molar-refractivity contribution in [2.75, 3.05) is 0 Å². The lowest BCUT2D eigenvalue weighted by molar-refractivity contribution is -0.130. The Morgan fingerprint density at radius 2 is 0.929 bits per heavy atom. The lowest BCUT2D eigenvalue weighted by atomic mass is 9.20. The molecule has 0 spiro atoms. The molecule has 2 fully saturated rings. The molecule has 1 unspecified atom stereocenters. The second-order valence-electron chi connectivity index (χ2n) is 10.5. The molecule has 0 aromatic carbocycles. The summed E-state index contributed by atoms with van der Waals surface area (Å²) in [6.45, 7) is 4.99. The van der Waals surface area contributed by atoms with Crippen molar-refractivity contribution in [3.8, 4) is 0 Å². The summed E-state index contributed by atoms with van der Waals surface area (Å²) in [5.41, 5.74) is 0. The summed E-state index contributed by atoms with van der Waals surface area (Å²) in [4.78, 5) is 23.7. The maximum atomic E-state index is 11.9. The number of carbonyl (C=O) groups excluding carboxylic acids is 2. The standard InChI is InChI=1S/C23H43B2NO2/c1-22(16-10-7-5-3-4-6-8-11-17-22)24-25-23(2)18-12-9-14-20(27)26-21(28)15-13-19-23/h24-25H,3-19H2,1-2H3,(H,26,27,28). The van der Waals surface area contributed by atoms with Crippen LogP contribution in [0, 0.1) is 0 Å². The van der Waals surface area contributed by atoms with Crippen LogP contribution < -0.4 is 5.32 Å². The highest BCUT2D eigenvalue weighted by Gasteiger charge is 2.32. The second-order valence-corrected chi connectivity index (χ2v) is 10.5. The number of amides is 2. The number of hydrogen-bond acceptors (Lipinski definition) is 2. The first kappa shape index (κ1) is 23.5. The summed E-state index contributed by atoms with van der Waals surface area (Å²) >= 11 is 0. The van der Waals surface area contributed by atoms with Gasteiger partial charge in [-0.3, -0.25) is 14.9 Å². The van der Waals surface area contributed by atoms with Gasteiger partial charge in [-0.1, -0.05) is 108 Å². The van der Waals surface area contributed by atoms with Gasteiger partial charge in [0.25, 0.3) is 0 Å². The van der Waals surface area contributed by atoms with Crippen LogP contribution in [0.5, 0.6) is 0 Å². The van der Waals surface area contributed by atoms with E-state index in [4.69, 9.17) is 0 Å². The van der Waals surface area contributed by atoms with Crippen LogP contribution >= 0.6 is 0 Å². The first-order chi connectivity index (χ1) is 13.4. The molecule has 0 aromatic heterocycles. The summed E-state index contributed by atoms with van der Waals surface area (Å²) < 4.78 is 0. The predicted octanol–water partition coefficient (Wildman–Crippen LogP) is 5.43. The fraction of sp³-hybridized carbons (Fsp3) is 0.913. The Balaban J connectivity index is 1.92. The zero-order valence-corrected chi connectivity index (χ0v) is 18.8. The minimum Gasteiger partial charge on any atom is -0.296 e. The van der Waals surface area contributed by atoms with E-state index in [9.17, 15) is 9.59 Å². The molecule has 1 saturated heterocycles. The minimum absolute atomic E-state index is 0.0791. The van der Waals surface area contributed by atoms with Gasteiger partial charge in [0.1, 0.15) is 0 Å². The molecular formula is C23H43B2NO2. The van der Waals surface area contributed by atoms with Gasteiger partial charge < -0.3 is 0 Å². The van der Waals surface area contributed by atoms with E-state index in [2.05, 4.69) is 19.2 Å². The Hall–Kier alpha value is -0.730. The maximum Gasteiger partial charge on any atom is 0.226 e. The lowest BCUT2D eigenvalue weighted by Gasteiger charge is -2.35. The van der Waals surface area contributed by atoms with E-state index < -0.39 is 0 Å². The molecule has 158 valence electrons. The van der Waals surface area contributed by atoms with Crippen LogP contribution in [0.1, 0.15) is 123 Å². The molecule has 1 saturated carbocycles. The second kappa shape index (κ2) is 12.1. The summed E-state index contributed by atoms with van der Waals surface area (Å²) in [6, 6.07) is 0. The van der Waals surface area contributed by atoms with Gasteiger partial charge in [-0.25, -0.2) is 0 Å². The van der Waals surface area contributed by atoms with Crippen molar-refractivity contribution in [2.45, 2.75) is 134 Å². The van der Waals surface area contributed by atoms with Gasteiger partial charge in [0.05, 0.1) is 14.3 Å². The third-order valence-corrected chi connectivity index (χ3v) is 7.54. The van der Waals surface area contributed by atoms with Crippen LogP contribution in [0.3, 0.4) is 0 Å². The van der Waals surface area contributed by atoms with Gasteiger partial charge in [-0.2, -0.15) is 0 Å². The lowest BCUT2D eigenvalue weighted by Crippen LogP contribution is -2.31. The summed E-state index contributed by atoms with van der Waals surface area (Å²) in [5, 5.41) is 3.36. The van der Waals surface area contributed by atoms with Crippen molar-refractivity contribution < 1.29 is 9.59 Å². The number of rotatable bonds is 3. The molecule has 5 heteroatoms. The number of nitrogens with one attached hydrogen (secondary N) is 1. The Labute approximate surface area is 175 Å². The number of carbonyl (C=O) groups is 2. The number of hydrogen-bond donors (Lipinski definition) is 1. The van der Waals surface area contributed by atoms with Gasteiger partial charge in [0.2, 0.25) is 11.8 Å². The van der Waals surface area contributed by atoms with Crippen LogP contribution in [0.4, 0.5) is 0 Å². The first-order valence-electron chi connectivity index (χ1n) is 12.2. The van der Waals surface area contributed by atoms with Gasteiger partial charge in [-0.05, 0) is 12.8 Å². The van der Waals surface area contributed by atoms with E-state index in [1.807, 2.05) is 0 Å². The fourth-order valence-corrected chi connectivity index (χ4v) is 5.31. The van der Waals surface area contributed by atoms with Crippen LogP contribution in [0.25, 0.3) is 0 Å². The Morgan fingerprint density at radius 3 is 1.43 bits per heavy atom. The molecule has 1 N–H and O–H groups in total. The highest BCUT2D eigenvalue weighted by atomic mass is 16.2. The quantitative estimate of drug-likeness (QED) is 0.518. The van der Waals surface area contributed by atoms with Crippen molar-refractivity contribution in [2.24, 2.45) is 0 Å². The Bertz CT molecular complexity index is 485. The zero-order valence-electron chi connectivity index (χ0n) is 18.8. The monoisotopic (exact) mass is 387 g/mol. The molecule has 1 aliphatic carbocycles. The van der Waals surface area contributed by atoms with Crippen LogP contribution in [-0.4, -0.2) is 26.2 Å². The minimum atomic E-state index is -0.0847. The average Bonchev–Trinajstić information content (AvgIpc) is 2.71. The van der Waals surface area contributed by atoms with E-state index in [0.29, 0.717) is 23.5 Å². The third kappa shape index (κ3) is 9.18. The molecule has 1 aliphatic heterocycles. The van der Waals surface area contributed by atoms with E-state index in [1.54, 1.807) is 0 Å². The van der Waals surface area contributed by atoms with Crippen LogP contribution in [0.15, 0.2) is 0 Å². The molecule has 2 aliphatic rings. The van der Waals surface area contributed by atoms with Crippen molar-refractivity contribution in [3.63, 3.8) is 0 Å². The fourth-order valence-electron chi connectivity index (χ4n) is 5.31. The Morgan fingerprint density at radius 1 is 0.571 bits per heavy atom.